The van der Waals surface area contributed by atoms with E-state index in [0.29, 0.717) is 5.92 Å². The number of rotatable bonds is 8. The van der Waals surface area contributed by atoms with Gasteiger partial charge in [-0.15, -0.1) is 0 Å². The highest BCUT2D eigenvalue weighted by Gasteiger charge is 2.24. The maximum Gasteiger partial charge on any atom is 0.191 e. The van der Waals surface area contributed by atoms with Gasteiger partial charge in [0.05, 0.1) is 12.7 Å². The van der Waals surface area contributed by atoms with Crippen molar-refractivity contribution in [2.75, 3.05) is 19.6 Å². The fourth-order valence-corrected chi connectivity index (χ4v) is 2.08. The Labute approximate surface area is 134 Å². The molecular formula is C16H31N5O. The molecule has 0 aliphatic rings. The van der Waals surface area contributed by atoms with Crippen LogP contribution in [0.2, 0.25) is 0 Å². The second-order valence-electron chi connectivity index (χ2n) is 6.33. The molecule has 126 valence electrons. The molecule has 0 aromatic carbocycles. The van der Waals surface area contributed by atoms with Gasteiger partial charge in [-0.3, -0.25) is 4.68 Å². The van der Waals surface area contributed by atoms with Crippen molar-refractivity contribution in [1.29, 1.82) is 0 Å². The molecule has 0 aliphatic carbocycles. The molecule has 1 rings (SSSR count). The summed E-state index contributed by atoms with van der Waals surface area (Å²) in [6, 6.07) is 0. The number of guanidine groups is 1. The van der Waals surface area contributed by atoms with E-state index in [9.17, 15) is 5.11 Å². The fraction of sp³-hybridized carbons (Fsp3) is 0.750. The van der Waals surface area contributed by atoms with Gasteiger partial charge in [0.2, 0.25) is 0 Å². The molecule has 22 heavy (non-hydrogen) atoms. The topological polar surface area (TPSA) is 74.5 Å². The van der Waals surface area contributed by atoms with Crippen molar-refractivity contribution in [3.8, 4) is 0 Å². The molecule has 6 nitrogen and oxygen atoms in total. The lowest BCUT2D eigenvalue weighted by molar-refractivity contribution is 0.0672. The SMILES string of the molecule is CCNC(=NCC(C)(O)c1cnn(C)c1)NCCCC(C)C. The normalized spacial score (nSPS) is 15.0. The Morgan fingerprint density at radius 3 is 2.73 bits per heavy atom. The number of nitrogens with one attached hydrogen (secondary N) is 2. The zero-order valence-electron chi connectivity index (χ0n) is 14.6. The second-order valence-corrected chi connectivity index (χ2v) is 6.33. The summed E-state index contributed by atoms with van der Waals surface area (Å²) in [6.07, 6.45) is 5.80. The zero-order valence-corrected chi connectivity index (χ0v) is 14.6. The van der Waals surface area contributed by atoms with Gasteiger partial charge >= 0.3 is 0 Å². The van der Waals surface area contributed by atoms with Crippen molar-refractivity contribution in [1.82, 2.24) is 20.4 Å². The van der Waals surface area contributed by atoms with Crippen LogP contribution in [0.3, 0.4) is 0 Å². The zero-order chi connectivity index (χ0) is 16.6. The van der Waals surface area contributed by atoms with E-state index in [1.807, 2.05) is 20.2 Å². The van der Waals surface area contributed by atoms with Crippen molar-refractivity contribution in [2.24, 2.45) is 18.0 Å². The smallest absolute Gasteiger partial charge is 0.191 e. The Morgan fingerprint density at radius 1 is 1.45 bits per heavy atom. The van der Waals surface area contributed by atoms with Crippen LogP contribution in [-0.4, -0.2) is 40.5 Å². The second kappa shape index (κ2) is 8.78. The lowest BCUT2D eigenvalue weighted by Gasteiger charge is -2.20. The molecule has 1 aromatic heterocycles. The number of aliphatic imine (C=N–C) groups is 1. The van der Waals surface area contributed by atoms with Crippen LogP contribution in [0.5, 0.6) is 0 Å². The summed E-state index contributed by atoms with van der Waals surface area (Å²) < 4.78 is 1.68. The van der Waals surface area contributed by atoms with Crippen LogP contribution < -0.4 is 10.6 Å². The van der Waals surface area contributed by atoms with Gasteiger partial charge in [0.15, 0.2) is 5.96 Å². The largest absolute Gasteiger partial charge is 0.383 e. The van der Waals surface area contributed by atoms with Crippen molar-refractivity contribution in [3.05, 3.63) is 18.0 Å². The van der Waals surface area contributed by atoms with Crippen molar-refractivity contribution >= 4 is 5.96 Å². The van der Waals surface area contributed by atoms with E-state index in [4.69, 9.17) is 0 Å². The number of hydrogen-bond acceptors (Lipinski definition) is 3. The minimum atomic E-state index is -1.02. The Balaban J connectivity index is 2.56. The monoisotopic (exact) mass is 309 g/mol. The van der Waals surface area contributed by atoms with Crippen LogP contribution in [0.1, 0.15) is 46.1 Å². The molecule has 6 heteroatoms. The van der Waals surface area contributed by atoms with Gasteiger partial charge in [-0.1, -0.05) is 13.8 Å². The highest BCUT2D eigenvalue weighted by atomic mass is 16.3. The van der Waals surface area contributed by atoms with E-state index >= 15 is 0 Å². The first-order valence-corrected chi connectivity index (χ1v) is 8.09. The van der Waals surface area contributed by atoms with E-state index in [1.54, 1.807) is 17.8 Å². The summed E-state index contributed by atoms with van der Waals surface area (Å²) in [5.41, 5.74) is -0.247. The Hall–Kier alpha value is -1.56. The predicted molar refractivity (Wildman–Crippen MR) is 90.8 cm³/mol. The Morgan fingerprint density at radius 2 is 2.18 bits per heavy atom. The van der Waals surface area contributed by atoms with Crippen LogP contribution in [0.25, 0.3) is 0 Å². The first-order chi connectivity index (χ1) is 10.3. The lowest BCUT2D eigenvalue weighted by Crippen LogP contribution is -2.39. The van der Waals surface area contributed by atoms with E-state index in [0.717, 1.165) is 31.0 Å². The molecule has 3 N–H and O–H groups in total. The molecule has 0 amide bonds. The molecule has 0 spiro atoms. The molecule has 1 aromatic rings. The summed E-state index contributed by atoms with van der Waals surface area (Å²) in [6.45, 7) is 10.2. The van der Waals surface area contributed by atoms with Gasteiger partial charge in [0.1, 0.15) is 5.60 Å². The van der Waals surface area contributed by atoms with Gasteiger partial charge in [-0.25, -0.2) is 4.99 Å². The maximum absolute atomic E-state index is 10.5. The molecule has 0 radical (unpaired) electrons. The van der Waals surface area contributed by atoms with Crippen molar-refractivity contribution in [2.45, 2.75) is 46.1 Å². The van der Waals surface area contributed by atoms with Crippen LogP contribution >= 0.6 is 0 Å². The molecule has 1 atom stereocenters. The van der Waals surface area contributed by atoms with E-state index in [1.165, 1.54) is 6.42 Å². The number of aliphatic hydroxyl groups is 1. The molecule has 1 heterocycles. The average molecular weight is 309 g/mol. The molecule has 0 saturated carbocycles. The third-order valence-electron chi connectivity index (χ3n) is 3.47. The Bertz CT molecular complexity index is 465. The lowest BCUT2D eigenvalue weighted by atomic mass is 10.0. The van der Waals surface area contributed by atoms with Crippen LogP contribution in [0.15, 0.2) is 17.4 Å². The van der Waals surface area contributed by atoms with Gasteiger partial charge in [0.25, 0.3) is 0 Å². The highest BCUT2D eigenvalue weighted by molar-refractivity contribution is 5.79. The summed E-state index contributed by atoms with van der Waals surface area (Å²) in [5, 5.41) is 21.2. The standard InChI is InChI=1S/C16H31N5O/c1-6-17-15(18-9-7-8-13(2)3)19-12-16(4,22)14-10-20-21(5)11-14/h10-11,13,22H,6-9,12H2,1-5H3,(H2,17,18,19). The average Bonchev–Trinajstić information content (AvgIpc) is 2.88. The molecule has 0 saturated heterocycles. The van der Waals surface area contributed by atoms with Gasteiger partial charge in [-0.2, -0.15) is 5.10 Å². The van der Waals surface area contributed by atoms with Gasteiger partial charge in [-0.05, 0) is 32.6 Å². The number of nitrogens with zero attached hydrogens (tertiary/aromatic N) is 3. The number of aromatic nitrogens is 2. The summed E-state index contributed by atoms with van der Waals surface area (Å²) >= 11 is 0. The maximum atomic E-state index is 10.5. The predicted octanol–water partition coefficient (Wildman–Crippen LogP) is 1.62. The minimum absolute atomic E-state index is 0.290. The van der Waals surface area contributed by atoms with Crippen LogP contribution in [-0.2, 0) is 12.6 Å². The van der Waals surface area contributed by atoms with Crippen LogP contribution in [0.4, 0.5) is 0 Å². The fourth-order valence-electron chi connectivity index (χ4n) is 2.08. The molecule has 1 unspecified atom stereocenters. The van der Waals surface area contributed by atoms with E-state index < -0.39 is 5.60 Å². The Kier molecular flexibility index (Phi) is 7.38. The molecule has 0 aliphatic heterocycles. The number of hydrogen-bond donors (Lipinski definition) is 3. The van der Waals surface area contributed by atoms with Gasteiger partial charge < -0.3 is 15.7 Å². The minimum Gasteiger partial charge on any atom is -0.383 e. The van der Waals surface area contributed by atoms with Gasteiger partial charge in [0, 0.05) is 31.9 Å². The third kappa shape index (κ3) is 6.47. The van der Waals surface area contributed by atoms with E-state index in [2.05, 4.69) is 34.6 Å². The first kappa shape index (κ1) is 18.5. The molecular weight excluding hydrogens is 278 g/mol. The van der Waals surface area contributed by atoms with E-state index in [-0.39, 0.29) is 6.54 Å². The van der Waals surface area contributed by atoms with Crippen molar-refractivity contribution < 1.29 is 5.11 Å². The van der Waals surface area contributed by atoms with Crippen LogP contribution in [0, 0.1) is 5.92 Å². The quantitative estimate of drug-likeness (QED) is 0.387. The van der Waals surface area contributed by atoms with Crippen molar-refractivity contribution in [3.63, 3.8) is 0 Å². The highest BCUT2D eigenvalue weighted by Crippen LogP contribution is 2.19. The summed E-state index contributed by atoms with van der Waals surface area (Å²) in [4.78, 5) is 4.49. The molecule has 0 fully saturated rings. The molecule has 0 bridgehead atoms. The number of aryl methyl sites for hydroxylation is 1. The third-order valence-corrected chi connectivity index (χ3v) is 3.47. The summed E-state index contributed by atoms with van der Waals surface area (Å²) in [7, 11) is 1.84. The summed E-state index contributed by atoms with van der Waals surface area (Å²) in [5.74, 6) is 1.46. The first-order valence-electron chi connectivity index (χ1n) is 8.09.